The van der Waals surface area contributed by atoms with Crippen molar-refractivity contribution in [2.24, 2.45) is 5.92 Å². The van der Waals surface area contributed by atoms with E-state index in [0.717, 1.165) is 32.1 Å². The first kappa shape index (κ1) is 13.3. The highest BCUT2D eigenvalue weighted by atomic mass is 16.4. The van der Waals surface area contributed by atoms with E-state index in [4.69, 9.17) is 0 Å². The smallest absolute Gasteiger partial charge is 0.342 e. The minimum absolute atomic E-state index is 0.0284. The molecule has 0 aliphatic heterocycles. The van der Waals surface area contributed by atoms with Gasteiger partial charge < -0.3 is 10.4 Å². The van der Waals surface area contributed by atoms with Gasteiger partial charge in [0, 0.05) is 0 Å². The number of rotatable bonds is 4. The molecule has 1 aliphatic carbocycles. The number of H-pyrrole nitrogens is 2. The molecule has 1 unspecified atom stereocenters. The molecule has 1 aromatic rings. The fourth-order valence-corrected chi connectivity index (χ4v) is 2.44. The first-order chi connectivity index (χ1) is 9.08. The standard InChI is InChI=1S/C11H16N4O4/c16-9-8(14-15-11(19)13-9)12-7(10(17)18)6-4-2-1-3-5-6/h6-7H,1-5H2,(H,12,14)(H,17,18)(H2,13,15,16,19). The van der Waals surface area contributed by atoms with Crippen molar-refractivity contribution in [3.63, 3.8) is 0 Å². The van der Waals surface area contributed by atoms with Gasteiger partial charge in [-0.15, -0.1) is 5.10 Å². The van der Waals surface area contributed by atoms with Crippen molar-refractivity contribution in [3.8, 4) is 0 Å². The summed E-state index contributed by atoms with van der Waals surface area (Å²) < 4.78 is 0. The molecule has 19 heavy (non-hydrogen) atoms. The average Bonchev–Trinajstić information content (AvgIpc) is 2.38. The molecule has 1 aliphatic rings. The van der Waals surface area contributed by atoms with Gasteiger partial charge in [0.2, 0.25) is 5.82 Å². The zero-order chi connectivity index (χ0) is 13.8. The summed E-state index contributed by atoms with van der Waals surface area (Å²) in [4.78, 5) is 35.6. The number of aromatic amines is 2. The summed E-state index contributed by atoms with van der Waals surface area (Å²) in [6, 6.07) is -0.861. The molecule has 0 bridgehead atoms. The zero-order valence-electron chi connectivity index (χ0n) is 10.3. The molecule has 1 atom stereocenters. The maximum Gasteiger partial charge on any atom is 0.342 e. The van der Waals surface area contributed by atoms with E-state index in [2.05, 4.69) is 15.5 Å². The monoisotopic (exact) mass is 268 g/mol. The first-order valence-corrected chi connectivity index (χ1v) is 6.26. The Morgan fingerprint density at radius 1 is 1.32 bits per heavy atom. The summed E-state index contributed by atoms with van der Waals surface area (Å²) in [7, 11) is 0. The van der Waals surface area contributed by atoms with Crippen molar-refractivity contribution < 1.29 is 9.90 Å². The highest BCUT2D eigenvalue weighted by Gasteiger charge is 2.30. The van der Waals surface area contributed by atoms with E-state index in [1.807, 2.05) is 4.98 Å². The van der Waals surface area contributed by atoms with Crippen LogP contribution in [0.2, 0.25) is 0 Å². The van der Waals surface area contributed by atoms with Gasteiger partial charge >= 0.3 is 11.7 Å². The van der Waals surface area contributed by atoms with Crippen molar-refractivity contribution in [1.82, 2.24) is 15.2 Å². The highest BCUT2D eigenvalue weighted by molar-refractivity contribution is 5.77. The Morgan fingerprint density at radius 3 is 2.58 bits per heavy atom. The quantitative estimate of drug-likeness (QED) is 0.604. The predicted octanol–water partition coefficient (Wildman–Crippen LogP) is -0.0964. The van der Waals surface area contributed by atoms with Crippen LogP contribution in [0.1, 0.15) is 32.1 Å². The first-order valence-electron chi connectivity index (χ1n) is 6.26. The third-order valence-electron chi connectivity index (χ3n) is 3.39. The van der Waals surface area contributed by atoms with Crippen molar-refractivity contribution in [3.05, 3.63) is 20.8 Å². The van der Waals surface area contributed by atoms with Gasteiger partial charge in [-0.3, -0.25) is 9.78 Å². The fourth-order valence-electron chi connectivity index (χ4n) is 2.44. The maximum absolute atomic E-state index is 11.5. The lowest BCUT2D eigenvalue weighted by molar-refractivity contribution is -0.139. The largest absolute Gasteiger partial charge is 0.480 e. The van der Waals surface area contributed by atoms with Crippen LogP contribution in [0.15, 0.2) is 9.59 Å². The lowest BCUT2D eigenvalue weighted by atomic mass is 9.84. The topological polar surface area (TPSA) is 128 Å². The average molecular weight is 268 g/mol. The molecule has 0 saturated heterocycles. The number of anilines is 1. The summed E-state index contributed by atoms with van der Waals surface area (Å²) in [6.45, 7) is 0. The van der Waals surface area contributed by atoms with E-state index in [-0.39, 0.29) is 11.7 Å². The molecule has 1 saturated carbocycles. The summed E-state index contributed by atoms with van der Waals surface area (Å²) in [5.41, 5.74) is -1.44. The Hall–Kier alpha value is -2.12. The number of carboxylic acids is 1. The molecule has 4 N–H and O–H groups in total. The van der Waals surface area contributed by atoms with Crippen LogP contribution < -0.4 is 16.6 Å². The molecular weight excluding hydrogens is 252 g/mol. The van der Waals surface area contributed by atoms with E-state index in [1.54, 1.807) is 0 Å². The number of nitrogens with zero attached hydrogens (tertiary/aromatic N) is 1. The van der Waals surface area contributed by atoms with Gasteiger partial charge in [0.15, 0.2) is 0 Å². The molecule has 1 aromatic heterocycles. The van der Waals surface area contributed by atoms with E-state index in [1.165, 1.54) is 0 Å². The van der Waals surface area contributed by atoms with E-state index in [0.29, 0.717) is 0 Å². The van der Waals surface area contributed by atoms with Crippen molar-refractivity contribution in [2.45, 2.75) is 38.1 Å². The van der Waals surface area contributed by atoms with Gasteiger partial charge in [-0.1, -0.05) is 19.3 Å². The van der Waals surface area contributed by atoms with Crippen LogP contribution in [0.3, 0.4) is 0 Å². The van der Waals surface area contributed by atoms with Crippen molar-refractivity contribution in [1.29, 1.82) is 0 Å². The SMILES string of the molecule is O=C(O)C(Nc1n[nH]c(=O)[nH]c1=O)C1CCCCC1. The molecule has 1 heterocycles. The summed E-state index contributed by atoms with van der Waals surface area (Å²) in [5.74, 6) is -1.21. The molecule has 8 heteroatoms. The predicted molar refractivity (Wildman–Crippen MR) is 67.1 cm³/mol. The molecule has 8 nitrogen and oxygen atoms in total. The second-order valence-electron chi connectivity index (χ2n) is 4.71. The lowest BCUT2D eigenvalue weighted by Crippen LogP contribution is -2.41. The Kier molecular flexibility index (Phi) is 3.98. The second kappa shape index (κ2) is 5.68. The van der Waals surface area contributed by atoms with Gasteiger partial charge in [-0.2, -0.15) is 0 Å². The Bertz CT molecular complexity index is 558. The molecule has 0 aromatic carbocycles. The molecule has 2 rings (SSSR count). The maximum atomic E-state index is 11.5. The van der Waals surface area contributed by atoms with Gasteiger partial charge in [-0.25, -0.2) is 14.7 Å². The third kappa shape index (κ3) is 3.21. The van der Waals surface area contributed by atoms with Crippen LogP contribution in [0.4, 0.5) is 5.82 Å². The molecule has 104 valence electrons. The molecular formula is C11H16N4O4. The summed E-state index contributed by atoms with van der Waals surface area (Å²) in [5, 5.41) is 17.5. The normalized spacial score (nSPS) is 17.9. The molecule has 1 fully saturated rings. The fraction of sp³-hybridized carbons (Fsp3) is 0.636. The number of nitrogens with one attached hydrogen (secondary N) is 3. The summed E-state index contributed by atoms with van der Waals surface area (Å²) >= 11 is 0. The molecule has 0 amide bonds. The van der Waals surface area contributed by atoms with Gasteiger partial charge in [-0.05, 0) is 18.8 Å². The Balaban J connectivity index is 2.18. The zero-order valence-corrected chi connectivity index (χ0v) is 10.3. The minimum atomic E-state index is -1.01. The Morgan fingerprint density at radius 2 is 2.00 bits per heavy atom. The number of hydrogen-bond donors (Lipinski definition) is 4. The van der Waals surface area contributed by atoms with Gasteiger partial charge in [0.1, 0.15) is 6.04 Å². The minimum Gasteiger partial charge on any atom is -0.480 e. The number of carbonyl (C=O) groups is 1. The number of aliphatic carboxylic acids is 1. The van der Waals surface area contributed by atoms with E-state index in [9.17, 15) is 19.5 Å². The van der Waals surface area contributed by atoms with Gasteiger partial charge in [0.05, 0.1) is 0 Å². The number of aromatic nitrogens is 3. The third-order valence-corrected chi connectivity index (χ3v) is 3.39. The van der Waals surface area contributed by atoms with E-state index < -0.39 is 23.3 Å². The lowest BCUT2D eigenvalue weighted by Gasteiger charge is -2.27. The van der Waals surface area contributed by atoms with Crippen LogP contribution in [0.25, 0.3) is 0 Å². The van der Waals surface area contributed by atoms with Crippen LogP contribution >= 0.6 is 0 Å². The number of hydrogen-bond acceptors (Lipinski definition) is 5. The van der Waals surface area contributed by atoms with Crippen LogP contribution in [-0.4, -0.2) is 32.3 Å². The summed E-state index contributed by atoms with van der Waals surface area (Å²) in [6.07, 6.45) is 4.72. The molecule has 0 radical (unpaired) electrons. The van der Waals surface area contributed by atoms with E-state index >= 15 is 0 Å². The second-order valence-corrected chi connectivity index (χ2v) is 4.71. The van der Waals surface area contributed by atoms with Crippen LogP contribution in [0, 0.1) is 5.92 Å². The Labute approximate surface area is 108 Å². The highest BCUT2D eigenvalue weighted by Crippen LogP contribution is 2.27. The van der Waals surface area contributed by atoms with Crippen LogP contribution in [-0.2, 0) is 4.79 Å². The molecule has 0 spiro atoms. The van der Waals surface area contributed by atoms with Gasteiger partial charge in [0.25, 0.3) is 5.56 Å². The van der Waals surface area contributed by atoms with Crippen molar-refractivity contribution >= 4 is 11.8 Å². The van der Waals surface area contributed by atoms with Crippen LogP contribution in [0.5, 0.6) is 0 Å². The van der Waals surface area contributed by atoms with Crippen molar-refractivity contribution in [2.75, 3.05) is 5.32 Å². The number of carboxylic acid groups (broad SMARTS) is 1.